The van der Waals surface area contributed by atoms with Crippen LogP contribution in [0.2, 0.25) is 0 Å². The standard InChI is InChI=1S/C4H6O2S/c1-3-5-4(2)6-7/h3H,1H2,2H3. The second kappa shape index (κ2) is 3.61. The molecule has 0 rings (SSSR count). The molecule has 40 valence electrons. The van der Waals surface area contributed by atoms with Gasteiger partial charge in [0.25, 0.3) is 0 Å². The number of esters is 1. The minimum atomic E-state index is 0.324. The van der Waals surface area contributed by atoms with Gasteiger partial charge in [-0.25, -0.2) is 0 Å². The first kappa shape index (κ1) is 6.43. The average molecular weight is 118 g/mol. The van der Waals surface area contributed by atoms with E-state index in [1.165, 1.54) is 6.26 Å². The average Bonchev–Trinajstić information content (AvgIpc) is 1.68. The molecule has 0 heterocycles. The van der Waals surface area contributed by atoms with Crippen LogP contribution in [0.15, 0.2) is 12.8 Å². The van der Waals surface area contributed by atoms with E-state index in [0.29, 0.717) is 5.97 Å². The van der Waals surface area contributed by atoms with E-state index < -0.39 is 0 Å². The van der Waals surface area contributed by atoms with Gasteiger partial charge in [0, 0.05) is 0 Å². The Bertz CT molecular complexity index is 87.7. The number of hydrogen-bond acceptors (Lipinski definition) is 2. The predicted octanol–water partition coefficient (Wildman–Crippen LogP) is 0.691. The van der Waals surface area contributed by atoms with Crippen LogP contribution >= 0.6 is 0 Å². The molecule has 0 unspecified atom stereocenters. The quantitative estimate of drug-likeness (QED) is 0.218. The summed E-state index contributed by atoms with van der Waals surface area (Å²) in [6, 6.07) is 0. The molecular weight excluding hydrogens is 112 g/mol. The summed E-state index contributed by atoms with van der Waals surface area (Å²) in [6.45, 7) is 4.89. The van der Waals surface area contributed by atoms with E-state index in [1.54, 1.807) is 6.92 Å². The molecule has 7 heavy (non-hydrogen) atoms. The Kier molecular flexibility index (Phi) is 3.32. The van der Waals surface area contributed by atoms with Crippen LogP contribution in [0.4, 0.5) is 0 Å². The van der Waals surface area contributed by atoms with Gasteiger partial charge in [0.1, 0.15) is 0 Å². The Morgan fingerprint density at radius 1 is 2.00 bits per heavy atom. The molecule has 0 saturated heterocycles. The molecule has 0 bridgehead atoms. The lowest BCUT2D eigenvalue weighted by molar-refractivity contribution is -0.257. The van der Waals surface area contributed by atoms with E-state index in [9.17, 15) is 0 Å². The first-order chi connectivity index (χ1) is 3.31. The van der Waals surface area contributed by atoms with Crippen molar-refractivity contribution in [2.75, 3.05) is 0 Å². The zero-order valence-electron chi connectivity index (χ0n) is 4.01. The van der Waals surface area contributed by atoms with Gasteiger partial charge >= 0.3 is 5.97 Å². The molecule has 0 radical (unpaired) electrons. The number of ether oxygens (including phenoxy) is 1. The minimum Gasteiger partial charge on any atom is -0.434 e. The zero-order chi connectivity index (χ0) is 5.70. The monoisotopic (exact) mass is 118 g/mol. The van der Waals surface area contributed by atoms with Crippen LogP contribution < -0.4 is 0 Å². The summed E-state index contributed by atoms with van der Waals surface area (Å²) in [5.74, 6) is 0.324. The van der Waals surface area contributed by atoms with Crippen LogP contribution in [-0.4, -0.2) is 5.97 Å². The van der Waals surface area contributed by atoms with Crippen molar-refractivity contribution in [2.24, 2.45) is 0 Å². The topological polar surface area (TPSA) is 20.5 Å². The van der Waals surface area contributed by atoms with Crippen molar-refractivity contribution in [2.45, 2.75) is 6.92 Å². The highest BCUT2D eigenvalue weighted by atomic mass is 32.1. The van der Waals surface area contributed by atoms with Crippen LogP contribution in [-0.2, 0) is 21.5 Å². The van der Waals surface area contributed by atoms with Crippen molar-refractivity contribution in [1.82, 2.24) is 0 Å². The van der Waals surface area contributed by atoms with Crippen molar-refractivity contribution in [3.63, 3.8) is 0 Å². The third-order valence-corrected chi connectivity index (χ3v) is 0.601. The molecule has 0 aromatic rings. The third kappa shape index (κ3) is 3.26. The predicted molar refractivity (Wildman–Crippen MR) is 29.3 cm³/mol. The van der Waals surface area contributed by atoms with E-state index in [2.05, 4.69) is 28.1 Å². The minimum absolute atomic E-state index is 0.324. The first-order valence-corrected chi connectivity index (χ1v) is 2.05. The largest absolute Gasteiger partial charge is 0.470 e. The fraction of sp³-hybridized carbons (Fsp3) is 0.250. The number of hydrogen-bond donors (Lipinski definition) is 0. The Morgan fingerprint density at radius 3 is 2.71 bits per heavy atom. The second-order valence-corrected chi connectivity index (χ2v) is 1.03. The fourth-order valence-electron chi connectivity index (χ4n) is 0.137. The van der Waals surface area contributed by atoms with E-state index in [0.717, 1.165) is 0 Å². The normalized spacial score (nSPS) is 10.7. The van der Waals surface area contributed by atoms with Crippen molar-refractivity contribution in [3.8, 4) is 0 Å². The second-order valence-electron chi connectivity index (χ2n) is 0.859. The number of rotatable bonds is 1. The maximum absolute atomic E-state index is 4.55. The van der Waals surface area contributed by atoms with Gasteiger partial charge in [-0.1, -0.05) is 0 Å². The highest BCUT2D eigenvalue weighted by Gasteiger charge is 1.93. The van der Waals surface area contributed by atoms with Gasteiger partial charge in [-0.3, -0.25) is 4.74 Å². The maximum atomic E-state index is 4.55. The summed E-state index contributed by atoms with van der Waals surface area (Å²) in [6.07, 6.45) is 1.25. The molecule has 0 saturated carbocycles. The lowest BCUT2D eigenvalue weighted by Crippen LogP contribution is -1.92. The molecule has 0 amide bonds. The van der Waals surface area contributed by atoms with Crippen LogP contribution in [0.1, 0.15) is 6.92 Å². The van der Waals surface area contributed by atoms with Gasteiger partial charge in [-0.15, -0.1) is 0 Å². The van der Waals surface area contributed by atoms with Crippen LogP contribution in [0.5, 0.6) is 0 Å². The molecule has 0 atom stereocenters. The molecule has 2 nitrogen and oxygen atoms in total. The van der Waals surface area contributed by atoms with E-state index in [1.807, 2.05) is 0 Å². The van der Waals surface area contributed by atoms with Crippen LogP contribution in [0.3, 0.4) is 0 Å². The summed E-state index contributed by atoms with van der Waals surface area (Å²) in [4.78, 5) is 0. The Hall–Kier alpha value is -0.570. The van der Waals surface area contributed by atoms with Gasteiger partial charge in [-0.2, -0.15) is 0 Å². The lowest BCUT2D eigenvalue weighted by atomic mass is 10.8. The summed E-state index contributed by atoms with van der Waals surface area (Å²) in [7, 11) is 0. The molecule has 0 aromatic carbocycles. The molecule has 0 aliphatic rings. The molecule has 0 N–H and O–H groups in total. The summed E-state index contributed by atoms with van der Waals surface area (Å²) >= 11 is 4.13. The van der Waals surface area contributed by atoms with Gasteiger partial charge in [0.05, 0.1) is 6.92 Å². The van der Waals surface area contributed by atoms with Crippen molar-refractivity contribution in [3.05, 3.63) is 12.8 Å². The van der Waals surface area contributed by atoms with Gasteiger partial charge in [0.2, 0.25) is 6.26 Å². The highest BCUT2D eigenvalue weighted by Crippen LogP contribution is 1.73. The third-order valence-electron chi connectivity index (χ3n) is 0.367. The van der Waals surface area contributed by atoms with Crippen molar-refractivity contribution in [1.29, 1.82) is 0 Å². The van der Waals surface area contributed by atoms with Crippen molar-refractivity contribution < 1.29 is 8.61 Å². The first-order valence-electron chi connectivity index (χ1n) is 1.72. The molecule has 0 aromatic heterocycles. The smallest absolute Gasteiger partial charge is 0.434 e. The fourth-order valence-corrected chi connectivity index (χ4v) is 0.176. The zero-order valence-corrected chi connectivity index (χ0v) is 4.83. The summed E-state index contributed by atoms with van der Waals surface area (Å²) in [5.41, 5.74) is 0. The highest BCUT2D eigenvalue weighted by molar-refractivity contribution is 7.50. The van der Waals surface area contributed by atoms with Crippen LogP contribution in [0.25, 0.3) is 0 Å². The lowest BCUT2D eigenvalue weighted by Gasteiger charge is -1.82. The van der Waals surface area contributed by atoms with Crippen molar-refractivity contribution >= 4 is 18.9 Å². The van der Waals surface area contributed by atoms with E-state index in [-0.39, 0.29) is 0 Å². The van der Waals surface area contributed by atoms with Gasteiger partial charge in [0.15, 0.2) is 0 Å². The molecule has 0 aliphatic carbocycles. The number of carbonyl (C=O) groups excluding carboxylic acids is 1. The molecule has 0 spiro atoms. The van der Waals surface area contributed by atoms with Gasteiger partial charge in [-0.05, 0) is 6.58 Å². The van der Waals surface area contributed by atoms with E-state index >= 15 is 0 Å². The Labute approximate surface area is 48.1 Å². The van der Waals surface area contributed by atoms with Crippen LogP contribution in [0, 0.1) is 0 Å². The Balaban J connectivity index is 3.36. The molecule has 3 heteroatoms. The SMILES string of the molecule is C=COC(C)=[O+][S-]. The molecule has 0 fully saturated rings. The summed E-state index contributed by atoms with van der Waals surface area (Å²) in [5, 5.41) is 0. The Morgan fingerprint density at radius 2 is 2.57 bits per heavy atom. The molecule has 0 aliphatic heterocycles. The van der Waals surface area contributed by atoms with Gasteiger partial charge < -0.3 is 16.8 Å². The maximum Gasteiger partial charge on any atom is 0.470 e. The molecular formula is C4H6O2S. The van der Waals surface area contributed by atoms with E-state index in [4.69, 9.17) is 0 Å². The summed E-state index contributed by atoms with van der Waals surface area (Å²) < 4.78 is 8.74.